The van der Waals surface area contributed by atoms with Crippen molar-refractivity contribution in [3.8, 4) is 0 Å². The molecule has 0 atom stereocenters. The molecule has 0 saturated heterocycles. The third kappa shape index (κ3) is 3.84. The summed E-state index contributed by atoms with van der Waals surface area (Å²) in [4.78, 5) is 25.3. The highest BCUT2D eigenvalue weighted by molar-refractivity contribution is 6.00. The van der Waals surface area contributed by atoms with Crippen molar-refractivity contribution >= 4 is 17.6 Å². The fraction of sp³-hybridized carbons (Fsp3) is 0.556. The topological polar surface area (TPSA) is 61.4 Å². The van der Waals surface area contributed by atoms with Gasteiger partial charge in [0.15, 0.2) is 0 Å². The van der Waals surface area contributed by atoms with Crippen LogP contribution in [0.2, 0.25) is 0 Å². The van der Waals surface area contributed by atoms with Gasteiger partial charge in [-0.05, 0) is 36.5 Å². The Morgan fingerprint density at radius 1 is 1.26 bits per heavy atom. The van der Waals surface area contributed by atoms with Crippen LogP contribution in [0.15, 0.2) is 18.2 Å². The van der Waals surface area contributed by atoms with Crippen LogP contribution in [0, 0.1) is 0 Å². The van der Waals surface area contributed by atoms with E-state index < -0.39 is 0 Å². The van der Waals surface area contributed by atoms with Crippen molar-refractivity contribution in [2.75, 3.05) is 18.5 Å². The molecule has 1 saturated carbocycles. The van der Waals surface area contributed by atoms with Gasteiger partial charge in [0.1, 0.15) is 0 Å². The van der Waals surface area contributed by atoms with Gasteiger partial charge in [0.2, 0.25) is 5.91 Å². The van der Waals surface area contributed by atoms with E-state index in [1.165, 1.54) is 19.3 Å². The summed E-state index contributed by atoms with van der Waals surface area (Å²) in [6.07, 6.45) is 7.18. The molecule has 1 heterocycles. The molecule has 0 radical (unpaired) electrons. The number of carbonyl (C=O) groups excluding carboxylic acids is 2. The number of fused-ring (bicyclic) bond motifs is 1. The van der Waals surface area contributed by atoms with Crippen LogP contribution in [0.1, 0.15) is 43.2 Å². The molecule has 5 heteroatoms. The third-order valence-electron chi connectivity index (χ3n) is 4.86. The molecular weight excluding hydrogens is 290 g/mol. The number of nitrogens with one attached hydrogen (secondary N) is 2. The first kappa shape index (κ1) is 15.8. The summed E-state index contributed by atoms with van der Waals surface area (Å²) in [6.45, 7) is 0.612. The van der Waals surface area contributed by atoms with Gasteiger partial charge in [-0.25, -0.2) is 4.79 Å². The molecule has 2 N–H and O–H groups in total. The zero-order chi connectivity index (χ0) is 16.2. The van der Waals surface area contributed by atoms with E-state index in [2.05, 4.69) is 16.7 Å². The third-order valence-corrected chi connectivity index (χ3v) is 4.86. The lowest BCUT2D eigenvalue weighted by atomic mass is 9.96. The quantitative estimate of drug-likeness (QED) is 0.896. The average Bonchev–Trinajstić information content (AvgIpc) is 2.82. The SMILES string of the molecule is CN1C(=O)Cc2cc(CCNC(=O)NC3CCCCC3)ccc21. The lowest BCUT2D eigenvalue weighted by Crippen LogP contribution is -2.43. The van der Waals surface area contributed by atoms with E-state index >= 15 is 0 Å². The van der Waals surface area contributed by atoms with E-state index in [4.69, 9.17) is 0 Å². The minimum Gasteiger partial charge on any atom is -0.338 e. The van der Waals surface area contributed by atoms with Crippen molar-refractivity contribution in [1.82, 2.24) is 10.6 Å². The summed E-state index contributed by atoms with van der Waals surface area (Å²) in [5, 5.41) is 5.99. The van der Waals surface area contributed by atoms with Gasteiger partial charge >= 0.3 is 6.03 Å². The van der Waals surface area contributed by atoms with Gasteiger partial charge in [-0.3, -0.25) is 4.79 Å². The second kappa shape index (κ2) is 7.02. The normalized spacial score (nSPS) is 18.0. The Labute approximate surface area is 137 Å². The van der Waals surface area contributed by atoms with Crippen LogP contribution in [-0.2, 0) is 17.6 Å². The summed E-state index contributed by atoms with van der Waals surface area (Å²) in [6, 6.07) is 6.39. The monoisotopic (exact) mass is 315 g/mol. The van der Waals surface area contributed by atoms with Gasteiger partial charge in [-0.1, -0.05) is 31.4 Å². The first-order valence-corrected chi connectivity index (χ1v) is 8.56. The lowest BCUT2D eigenvalue weighted by Gasteiger charge is -2.22. The van der Waals surface area contributed by atoms with Crippen LogP contribution >= 0.6 is 0 Å². The first-order chi connectivity index (χ1) is 11.1. The van der Waals surface area contributed by atoms with E-state index in [1.54, 1.807) is 4.90 Å². The molecule has 5 nitrogen and oxygen atoms in total. The molecule has 3 amide bonds. The lowest BCUT2D eigenvalue weighted by molar-refractivity contribution is -0.117. The molecule has 23 heavy (non-hydrogen) atoms. The van der Waals surface area contributed by atoms with Crippen LogP contribution < -0.4 is 15.5 Å². The van der Waals surface area contributed by atoms with Gasteiger partial charge in [-0.15, -0.1) is 0 Å². The number of likely N-dealkylation sites (N-methyl/N-ethyl adjacent to an activating group) is 1. The number of benzene rings is 1. The fourth-order valence-corrected chi connectivity index (χ4v) is 3.48. The maximum Gasteiger partial charge on any atom is 0.315 e. The van der Waals surface area contributed by atoms with Crippen LogP contribution in [0.25, 0.3) is 0 Å². The Kier molecular flexibility index (Phi) is 4.84. The predicted octanol–water partition coefficient (Wildman–Crippen LogP) is 2.38. The van der Waals surface area contributed by atoms with Crippen molar-refractivity contribution in [2.45, 2.75) is 51.0 Å². The van der Waals surface area contributed by atoms with Crippen molar-refractivity contribution in [3.63, 3.8) is 0 Å². The molecule has 124 valence electrons. The van der Waals surface area contributed by atoms with Gasteiger partial charge in [0.25, 0.3) is 0 Å². The molecule has 0 unspecified atom stereocenters. The van der Waals surface area contributed by atoms with Gasteiger partial charge in [-0.2, -0.15) is 0 Å². The zero-order valence-electron chi connectivity index (χ0n) is 13.7. The molecule has 0 spiro atoms. The predicted molar refractivity (Wildman–Crippen MR) is 90.7 cm³/mol. The number of rotatable bonds is 4. The first-order valence-electron chi connectivity index (χ1n) is 8.56. The molecule has 1 aliphatic carbocycles. The van der Waals surface area contributed by atoms with E-state index in [1.807, 2.05) is 19.2 Å². The molecule has 2 aliphatic rings. The molecule has 1 aromatic carbocycles. The van der Waals surface area contributed by atoms with Crippen LogP contribution in [-0.4, -0.2) is 31.6 Å². The van der Waals surface area contributed by atoms with E-state index in [-0.39, 0.29) is 11.9 Å². The number of nitrogens with zero attached hydrogens (tertiary/aromatic N) is 1. The zero-order valence-corrected chi connectivity index (χ0v) is 13.7. The average molecular weight is 315 g/mol. The second-order valence-corrected chi connectivity index (χ2v) is 6.58. The Hall–Kier alpha value is -2.04. The summed E-state index contributed by atoms with van der Waals surface area (Å²) in [5.41, 5.74) is 3.24. The highest BCUT2D eigenvalue weighted by atomic mass is 16.2. The van der Waals surface area contributed by atoms with Gasteiger partial charge < -0.3 is 15.5 Å². The fourth-order valence-electron chi connectivity index (χ4n) is 3.48. The minimum absolute atomic E-state index is 0.0621. The van der Waals surface area contributed by atoms with Crippen LogP contribution in [0.4, 0.5) is 10.5 Å². The molecule has 1 aliphatic heterocycles. The van der Waals surface area contributed by atoms with Crippen molar-refractivity contribution in [1.29, 1.82) is 0 Å². The standard InChI is InChI=1S/C18H25N3O2/c1-21-16-8-7-13(11-14(16)12-17(21)22)9-10-19-18(23)20-15-5-3-2-4-6-15/h7-8,11,15H,2-6,9-10,12H2,1H3,(H2,19,20,23). The van der Waals surface area contributed by atoms with Crippen molar-refractivity contribution < 1.29 is 9.59 Å². The number of urea groups is 1. The Morgan fingerprint density at radius 3 is 2.83 bits per heavy atom. The van der Waals surface area contributed by atoms with Crippen molar-refractivity contribution in [2.24, 2.45) is 0 Å². The molecule has 0 aromatic heterocycles. The number of hydrogen-bond acceptors (Lipinski definition) is 2. The van der Waals surface area contributed by atoms with E-state index in [0.29, 0.717) is 19.0 Å². The number of anilines is 1. The smallest absolute Gasteiger partial charge is 0.315 e. The molecule has 3 rings (SSSR count). The van der Waals surface area contributed by atoms with E-state index in [0.717, 1.165) is 36.1 Å². The Bertz CT molecular complexity index is 594. The molecule has 1 fully saturated rings. The minimum atomic E-state index is -0.0621. The summed E-state index contributed by atoms with van der Waals surface area (Å²) >= 11 is 0. The van der Waals surface area contributed by atoms with Gasteiger partial charge in [0, 0.05) is 25.3 Å². The van der Waals surface area contributed by atoms with Crippen LogP contribution in [0.3, 0.4) is 0 Å². The Morgan fingerprint density at radius 2 is 2.04 bits per heavy atom. The maximum atomic E-state index is 11.9. The maximum absolute atomic E-state index is 11.9. The summed E-state index contributed by atoms with van der Waals surface area (Å²) in [7, 11) is 1.81. The highest BCUT2D eigenvalue weighted by Gasteiger charge is 2.23. The number of hydrogen-bond donors (Lipinski definition) is 2. The molecule has 1 aromatic rings. The second-order valence-electron chi connectivity index (χ2n) is 6.58. The van der Waals surface area contributed by atoms with Crippen LogP contribution in [0.5, 0.6) is 0 Å². The summed E-state index contributed by atoms with van der Waals surface area (Å²) < 4.78 is 0. The van der Waals surface area contributed by atoms with Gasteiger partial charge in [0.05, 0.1) is 6.42 Å². The number of amides is 3. The Balaban J connectivity index is 1.45. The highest BCUT2D eigenvalue weighted by Crippen LogP contribution is 2.28. The molecule has 0 bridgehead atoms. The largest absolute Gasteiger partial charge is 0.338 e. The van der Waals surface area contributed by atoms with Crippen molar-refractivity contribution in [3.05, 3.63) is 29.3 Å². The van der Waals surface area contributed by atoms with E-state index in [9.17, 15) is 9.59 Å². The molecular formula is C18H25N3O2. The number of carbonyl (C=O) groups is 2. The summed E-state index contributed by atoms with van der Waals surface area (Å²) in [5.74, 6) is 0.141.